The van der Waals surface area contributed by atoms with Crippen LogP contribution in [0.15, 0.2) is 65.7 Å². The van der Waals surface area contributed by atoms with E-state index in [1.807, 2.05) is 30.3 Å². The van der Waals surface area contributed by atoms with Crippen LogP contribution in [-0.4, -0.2) is 17.0 Å². The highest BCUT2D eigenvalue weighted by Gasteiger charge is 2.25. The van der Waals surface area contributed by atoms with E-state index >= 15 is 0 Å². The Bertz CT molecular complexity index is 796. The molecule has 0 saturated carbocycles. The fourth-order valence-electron chi connectivity index (χ4n) is 2.70. The second-order valence-electron chi connectivity index (χ2n) is 5.51. The lowest BCUT2D eigenvalue weighted by molar-refractivity contribution is -0.133. The smallest absolute Gasteiger partial charge is 0.332 e. The van der Waals surface area contributed by atoms with E-state index in [-0.39, 0.29) is 11.5 Å². The molecule has 2 aromatic rings. The molecule has 5 heteroatoms. The number of rotatable bonds is 5. The van der Waals surface area contributed by atoms with Crippen molar-refractivity contribution in [1.29, 1.82) is 0 Å². The molecule has 1 aliphatic rings. The van der Waals surface area contributed by atoms with Crippen LogP contribution in [0.4, 0.5) is 5.69 Å². The van der Waals surface area contributed by atoms with Crippen LogP contribution in [0.1, 0.15) is 19.3 Å². The van der Waals surface area contributed by atoms with Crippen LogP contribution in [0.3, 0.4) is 0 Å². The van der Waals surface area contributed by atoms with Gasteiger partial charge in [-0.2, -0.15) is 0 Å². The molecule has 24 heavy (non-hydrogen) atoms. The average Bonchev–Trinajstić information content (AvgIpc) is 3.06. The highest BCUT2D eigenvalue weighted by atomic mass is 16.5. The fraction of sp³-hybridized carbons (Fsp3) is 0.158. The molecule has 0 aliphatic heterocycles. The van der Waals surface area contributed by atoms with Crippen LogP contribution in [-0.2, 0) is 9.59 Å². The first-order valence-electron chi connectivity index (χ1n) is 7.73. The van der Waals surface area contributed by atoms with Crippen LogP contribution in [0.2, 0.25) is 0 Å². The number of benzene rings is 2. The van der Waals surface area contributed by atoms with Gasteiger partial charge in [-0.15, -0.1) is 0 Å². The quantitative estimate of drug-likeness (QED) is 0.872. The topological polar surface area (TPSA) is 75.6 Å². The minimum atomic E-state index is -1.01. The zero-order chi connectivity index (χ0) is 16.9. The number of carbonyl (C=O) groups excluding carboxylic acids is 1. The molecule has 122 valence electrons. The molecular weight excluding hydrogens is 306 g/mol. The maximum Gasteiger partial charge on any atom is 0.332 e. The molecule has 0 fully saturated rings. The van der Waals surface area contributed by atoms with Crippen molar-refractivity contribution in [3.63, 3.8) is 0 Å². The van der Waals surface area contributed by atoms with Crippen molar-refractivity contribution >= 4 is 17.6 Å². The number of carbonyl (C=O) groups is 2. The Kier molecular flexibility index (Phi) is 4.61. The summed E-state index contributed by atoms with van der Waals surface area (Å²) in [4.78, 5) is 23.5. The molecule has 0 spiro atoms. The van der Waals surface area contributed by atoms with Crippen LogP contribution >= 0.6 is 0 Å². The van der Waals surface area contributed by atoms with Gasteiger partial charge in [-0.3, -0.25) is 4.79 Å². The molecule has 0 saturated heterocycles. The van der Waals surface area contributed by atoms with Gasteiger partial charge >= 0.3 is 5.97 Å². The number of nitrogens with one attached hydrogen (secondary N) is 1. The van der Waals surface area contributed by atoms with Crippen molar-refractivity contribution in [1.82, 2.24) is 0 Å². The molecule has 3 rings (SSSR count). The normalized spacial score (nSPS) is 13.7. The predicted molar refractivity (Wildman–Crippen MR) is 90.1 cm³/mol. The second-order valence-corrected chi connectivity index (χ2v) is 5.51. The van der Waals surface area contributed by atoms with Gasteiger partial charge in [0.2, 0.25) is 0 Å². The molecule has 0 atom stereocenters. The van der Waals surface area contributed by atoms with E-state index in [4.69, 9.17) is 9.84 Å². The summed E-state index contributed by atoms with van der Waals surface area (Å²) < 4.78 is 5.73. The largest absolute Gasteiger partial charge is 0.478 e. The van der Waals surface area contributed by atoms with E-state index in [0.717, 1.165) is 0 Å². The lowest BCUT2D eigenvalue weighted by Gasteiger charge is -2.10. The molecule has 5 nitrogen and oxygen atoms in total. The standard InChI is InChI=1S/C19H17NO4/c21-18(16-10-5-11-17(16)19(22)23)20-13-6-4-9-15(12-13)24-14-7-2-1-3-8-14/h1-4,6-9,12H,5,10-11H2,(H,20,21)(H,22,23). The monoisotopic (exact) mass is 323 g/mol. The number of hydrogen-bond donors (Lipinski definition) is 2. The summed E-state index contributed by atoms with van der Waals surface area (Å²) in [6.07, 6.45) is 1.63. The van der Waals surface area contributed by atoms with Crippen molar-refractivity contribution in [2.45, 2.75) is 19.3 Å². The summed E-state index contributed by atoms with van der Waals surface area (Å²) in [6, 6.07) is 16.4. The lowest BCUT2D eigenvalue weighted by atomic mass is 10.1. The third-order valence-corrected chi connectivity index (χ3v) is 3.82. The summed E-state index contributed by atoms with van der Waals surface area (Å²) in [6.45, 7) is 0. The molecule has 1 aliphatic carbocycles. The van der Waals surface area contributed by atoms with Crippen LogP contribution in [0, 0.1) is 0 Å². The van der Waals surface area contributed by atoms with E-state index in [0.29, 0.717) is 42.0 Å². The molecule has 1 amide bonds. The highest BCUT2D eigenvalue weighted by Crippen LogP contribution is 2.28. The van der Waals surface area contributed by atoms with Crippen molar-refractivity contribution in [3.05, 3.63) is 65.7 Å². The van der Waals surface area contributed by atoms with Gasteiger partial charge in [-0.05, 0) is 43.5 Å². The Morgan fingerprint density at radius 3 is 2.38 bits per heavy atom. The summed E-state index contributed by atoms with van der Waals surface area (Å²) >= 11 is 0. The van der Waals surface area contributed by atoms with Gasteiger partial charge in [0.15, 0.2) is 0 Å². The van der Waals surface area contributed by atoms with Crippen LogP contribution < -0.4 is 10.1 Å². The summed E-state index contributed by atoms with van der Waals surface area (Å²) in [5.74, 6) is -0.0777. The Morgan fingerprint density at radius 2 is 1.62 bits per heavy atom. The van der Waals surface area contributed by atoms with E-state index in [1.54, 1.807) is 24.3 Å². The summed E-state index contributed by atoms with van der Waals surface area (Å²) in [7, 11) is 0. The van der Waals surface area contributed by atoms with E-state index < -0.39 is 5.97 Å². The third kappa shape index (κ3) is 3.63. The second kappa shape index (κ2) is 7.00. The first-order valence-corrected chi connectivity index (χ1v) is 7.73. The Balaban J connectivity index is 1.74. The number of aliphatic carboxylic acids is 1. The number of hydrogen-bond acceptors (Lipinski definition) is 3. The first-order chi connectivity index (χ1) is 11.6. The van der Waals surface area contributed by atoms with Gasteiger partial charge in [-0.1, -0.05) is 24.3 Å². The summed E-state index contributed by atoms with van der Waals surface area (Å²) in [5.41, 5.74) is 1.14. The van der Waals surface area contributed by atoms with E-state index in [9.17, 15) is 9.59 Å². The maximum absolute atomic E-state index is 12.3. The van der Waals surface area contributed by atoms with Crippen molar-refractivity contribution in [3.8, 4) is 11.5 Å². The number of amides is 1. The average molecular weight is 323 g/mol. The Morgan fingerprint density at radius 1 is 0.917 bits per heavy atom. The Hall–Kier alpha value is -3.08. The zero-order valence-electron chi connectivity index (χ0n) is 13.0. The van der Waals surface area contributed by atoms with Crippen molar-refractivity contribution < 1.29 is 19.4 Å². The number of carboxylic acids is 1. The number of carboxylic acid groups (broad SMARTS) is 1. The minimum Gasteiger partial charge on any atom is -0.478 e. The highest BCUT2D eigenvalue weighted by molar-refractivity contribution is 6.09. The molecule has 2 N–H and O–H groups in total. The fourth-order valence-corrected chi connectivity index (χ4v) is 2.70. The van der Waals surface area contributed by atoms with Crippen LogP contribution in [0.25, 0.3) is 0 Å². The van der Waals surface area contributed by atoms with Gasteiger partial charge in [0.25, 0.3) is 5.91 Å². The molecule has 0 aromatic heterocycles. The maximum atomic E-state index is 12.3. The number of anilines is 1. The molecule has 0 heterocycles. The zero-order valence-corrected chi connectivity index (χ0v) is 13.0. The van der Waals surface area contributed by atoms with Gasteiger partial charge in [-0.25, -0.2) is 4.79 Å². The molecule has 0 radical (unpaired) electrons. The van der Waals surface area contributed by atoms with Crippen molar-refractivity contribution in [2.24, 2.45) is 0 Å². The van der Waals surface area contributed by atoms with Crippen LogP contribution in [0.5, 0.6) is 11.5 Å². The minimum absolute atomic E-state index is 0.212. The lowest BCUT2D eigenvalue weighted by Crippen LogP contribution is -2.16. The van der Waals surface area contributed by atoms with Gasteiger partial charge in [0, 0.05) is 22.9 Å². The molecule has 2 aromatic carbocycles. The van der Waals surface area contributed by atoms with E-state index in [2.05, 4.69) is 5.32 Å². The van der Waals surface area contributed by atoms with Crippen molar-refractivity contribution in [2.75, 3.05) is 5.32 Å². The SMILES string of the molecule is O=C(O)C1=C(C(=O)Nc2cccc(Oc3ccccc3)c2)CCC1. The first kappa shape index (κ1) is 15.8. The van der Waals surface area contributed by atoms with E-state index in [1.165, 1.54) is 0 Å². The number of para-hydroxylation sites is 1. The molecule has 0 unspecified atom stereocenters. The predicted octanol–water partition coefficient (Wildman–Crippen LogP) is 3.98. The molecule has 0 bridgehead atoms. The van der Waals surface area contributed by atoms with Gasteiger partial charge in [0.05, 0.1) is 0 Å². The number of ether oxygens (including phenoxy) is 1. The Labute approximate surface area is 139 Å². The van der Waals surface area contributed by atoms with Gasteiger partial charge < -0.3 is 15.2 Å². The molecular formula is C19H17NO4. The summed E-state index contributed by atoms with van der Waals surface area (Å²) in [5, 5.41) is 11.9. The van der Waals surface area contributed by atoms with Gasteiger partial charge in [0.1, 0.15) is 11.5 Å². The third-order valence-electron chi connectivity index (χ3n) is 3.82.